The average Bonchev–Trinajstić information content (AvgIpc) is 3.23. The number of fused-ring (bicyclic) bond motifs is 2. The molecule has 5 rings (SSSR count). The molecule has 4 aromatic carbocycles. The molecule has 1 heterocycles. The van der Waals surface area contributed by atoms with Crippen molar-refractivity contribution in [3.05, 3.63) is 96.1 Å². The number of ether oxygens (including phenoxy) is 2. The van der Waals surface area contributed by atoms with Gasteiger partial charge >= 0.3 is 0 Å². The van der Waals surface area contributed by atoms with Crippen molar-refractivity contribution in [3.63, 3.8) is 0 Å². The number of unbranched alkanes of at least 4 members (excludes halogenated alkanes) is 1. The predicted molar refractivity (Wildman–Crippen MR) is 133 cm³/mol. The highest BCUT2D eigenvalue weighted by Crippen LogP contribution is 2.45. The van der Waals surface area contributed by atoms with Crippen LogP contribution >= 0.6 is 0 Å². The summed E-state index contributed by atoms with van der Waals surface area (Å²) < 4.78 is 11.4. The molecule has 3 heteroatoms. The first-order valence-corrected chi connectivity index (χ1v) is 11.4. The first kappa shape index (κ1) is 20.4. The molecule has 0 amide bonds. The second kappa shape index (κ2) is 8.96. The molecule has 0 bridgehead atoms. The highest BCUT2D eigenvalue weighted by atomic mass is 16.5. The van der Waals surface area contributed by atoms with Crippen LogP contribution in [0.3, 0.4) is 0 Å². The summed E-state index contributed by atoms with van der Waals surface area (Å²) in [6, 6.07) is 30.3. The molecule has 0 N–H and O–H groups in total. The van der Waals surface area contributed by atoms with Crippen molar-refractivity contribution in [1.29, 1.82) is 0 Å². The van der Waals surface area contributed by atoms with Crippen LogP contribution in [0.2, 0.25) is 0 Å². The van der Waals surface area contributed by atoms with Crippen molar-refractivity contribution in [2.45, 2.75) is 25.7 Å². The van der Waals surface area contributed by atoms with Crippen molar-refractivity contribution in [3.8, 4) is 11.5 Å². The van der Waals surface area contributed by atoms with E-state index in [4.69, 9.17) is 9.47 Å². The molecule has 162 valence electrons. The molecule has 1 aliphatic heterocycles. The minimum Gasteiger partial charge on any atom is -0.497 e. The van der Waals surface area contributed by atoms with Crippen molar-refractivity contribution in [2.75, 3.05) is 25.2 Å². The Kier molecular flexibility index (Phi) is 5.72. The fourth-order valence-electron chi connectivity index (χ4n) is 4.57. The quantitative estimate of drug-likeness (QED) is 0.291. The summed E-state index contributed by atoms with van der Waals surface area (Å²) in [4.78, 5) is 2.41. The van der Waals surface area contributed by atoms with Gasteiger partial charge in [0.15, 0.2) is 0 Å². The van der Waals surface area contributed by atoms with E-state index in [-0.39, 0.29) is 5.92 Å². The van der Waals surface area contributed by atoms with Crippen LogP contribution in [0.25, 0.3) is 10.8 Å². The minimum absolute atomic E-state index is 0.283. The fraction of sp³-hybridized carbons (Fsp3) is 0.241. The summed E-state index contributed by atoms with van der Waals surface area (Å²) in [5.74, 6) is 2.11. The Bertz CT molecular complexity index is 1220. The Hall–Kier alpha value is -3.46. The molecular weight excluding hydrogens is 394 g/mol. The van der Waals surface area contributed by atoms with Crippen molar-refractivity contribution in [2.24, 2.45) is 0 Å². The Morgan fingerprint density at radius 3 is 2.41 bits per heavy atom. The molecule has 1 aliphatic rings. The van der Waals surface area contributed by atoms with Crippen molar-refractivity contribution < 1.29 is 9.47 Å². The van der Waals surface area contributed by atoms with E-state index >= 15 is 0 Å². The van der Waals surface area contributed by atoms with Crippen LogP contribution < -0.4 is 14.4 Å². The standard InChI is InChI=1S/C29H29NO2/c1-3-4-17-32-25-13-11-24(12-14-25)30-20-28(27-19-26(31-2)15-16-29(27)30)23-10-9-21-7-5-6-8-22(21)18-23/h5-16,18-19,28H,3-4,17,20H2,1-2H3. The van der Waals surface area contributed by atoms with Gasteiger partial charge in [-0.05, 0) is 70.8 Å². The van der Waals surface area contributed by atoms with E-state index in [1.807, 2.05) is 0 Å². The van der Waals surface area contributed by atoms with E-state index in [1.165, 1.54) is 33.3 Å². The van der Waals surface area contributed by atoms with Gasteiger partial charge in [-0.3, -0.25) is 0 Å². The lowest BCUT2D eigenvalue weighted by molar-refractivity contribution is 0.309. The Balaban J connectivity index is 1.49. The van der Waals surface area contributed by atoms with Gasteiger partial charge in [-0.25, -0.2) is 0 Å². The molecular formula is C29H29NO2. The number of anilines is 2. The lowest BCUT2D eigenvalue weighted by atomic mass is 9.91. The van der Waals surface area contributed by atoms with Gasteiger partial charge in [-0.1, -0.05) is 55.8 Å². The summed E-state index contributed by atoms with van der Waals surface area (Å²) >= 11 is 0. The smallest absolute Gasteiger partial charge is 0.119 e. The maximum atomic E-state index is 5.86. The molecule has 0 aliphatic carbocycles. The zero-order valence-corrected chi connectivity index (χ0v) is 18.8. The number of methoxy groups -OCH3 is 1. The molecule has 0 saturated carbocycles. The first-order valence-electron chi connectivity index (χ1n) is 11.4. The van der Waals surface area contributed by atoms with Gasteiger partial charge in [0.25, 0.3) is 0 Å². The number of nitrogens with zero attached hydrogens (tertiary/aromatic N) is 1. The summed E-state index contributed by atoms with van der Waals surface area (Å²) in [5, 5.41) is 2.55. The van der Waals surface area contributed by atoms with Crippen LogP contribution in [0, 0.1) is 0 Å². The summed E-state index contributed by atoms with van der Waals surface area (Å²) in [6.07, 6.45) is 2.22. The lowest BCUT2D eigenvalue weighted by Gasteiger charge is -2.21. The summed E-state index contributed by atoms with van der Waals surface area (Å²) in [5.41, 5.74) is 5.06. The molecule has 0 aromatic heterocycles. The fourth-order valence-corrected chi connectivity index (χ4v) is 4.57. The normalized spacial score (nSPS) is 15.1. The Morgan fingerprint density at radius 2 is 1.62 bits per heavy atom. The number of hydrogen-bond donors (Lipinski definition) is 0. The largest absolute Gasteiger partial charge is 0.497 e. The van der Waals surface area contributed by atoms with Crippen LogP contribution in [0.4, 0.5) is 11.4 Å². The maximum absolute atomic E-state index is 5.86. The summed E-state index contributed by atoms with van der Waals surface area (Å²) in [7, 11) is 1.73. The van der Waals surface area contributed by atoms with Crippen LogP contribution in [0.15, 0.2) is 84.9 Å². The van der Waals surface area contributed by atoms with E-state index in [2.05, 4.69) is 96.8 Å². The van der Waals surface area contributed by atoms with Crippen LogP contribution in [0.5, 0.6) is 11.5 Å². The topological polar surface area (TPSA) is 21.7 Å². The zero-order chi connectivity index (χ0) is 21.9. The zero-order valence-electron chi connectivity index (χ0n) is 18.8. The van der Waals surface area contributed by atoms with Gasteiger partial charge < -0.3 is 14.4 Å². The van der Waals surface area contributed by atoms with Gasteiger partial charge in [0.1, 0.15) is 11.5 Å². The SMILES string of the molecule is CCCCOc1ccc(N2CC(c3ccc4ccccc4c3)c3cc(OC)ccc32)cc1. The summed E-state index contributed by atoms with van der Waals surface area (Å²) in [6.45, 7) is 3.85. The molecule has 0 spiro atoms. The molecule has 32 heavy (non-hydrogen) atoms. The minimum atomic E-state index is 0.283. The molecule has 0 fully saturated rings. The Morgan fingerprint density at radius 1 is 0.844 bits per heavy atom. The Labute approximate surface area is 190 Å². The maximum Gasteiger partial charge on any atom is 0.119 e. The molecule has 3 nitrogen and oxygen atoms in total. The molecule has 0 radical (unpaired) electrons. The van der Waals surface area contributed by atoms with Gasteiger partial charge in [-0.15, -0.1) is 0 Å². The highest BCUT2D eigenvalue weighted by Gasteiger charge is 2.31. The molecule has 0 saturated heterocycles. The molecule has 1 atom stereocenters. The van der Waals surface area contributed by atoms with Crippen LogP contribution in [-0.2, 0) is 0 Å². The third-order valence-electron chi connectivity index (χ3n) is 6.36. The third-order valence-corrected chi connectivity index (χ3v) is 6.36. The van der Waals surface area contributed by atoms with Crippen molar-refractivity contribution in [1.82, 2.24) is 0 Å². The van der Waals surface area contributed by atoms with E-state index in [0.717, 1.165) is 37.5 Å². The van der Waals surface area contributed by atoms with Crippen LogP contribution in [0.1, 0.15) is 36.8 Å². The number of rotatable bonds is 7. The van der Waals surface area contributed by atoms with Gasteiger partial charge in [0.2, 0.25) is 0 Å². The monoisotopic (exact) mass is 423 g/mol. The molecule has 4 aromatic rings. The number of benzene rings is 4. The van der Waals surface area contributed by atoms with E-state index < -0.39 is 0 Å². The third kappa shape index (κ3) is 3.91. The van der Waals surface area contributed by atoms with Gasteiger partial charge in [0.05, 0.1) is 13.7 Å². The van der Waals surface area contributed by atoms with E-state index in [9.17, 15) is 0 Å². The van der Waals surface area contributed by atoms with Gasteiger partial charge in [0, 0.05) is 23.8 Å². The lowest BCUT2D eigenvalue weighted by Crippen LogP contribution is -2.16. The second-order valence-electron chi connectivity index (χ2n) is 8.39. The van der Waals surface area contributed by atoms with Crippen LogP contribution in [-0.4, -0.2) is 20.3 Å². The van der Waals surface area contributed by atoms with E-state index in [1.54, 1.807) is 7.11 Å². The predicted octanol–water partition coefficient (Wildman–Crippen LogP) is 7.31. The average molecular weight is 424 g/mol. The first-order chi connectivity index (χ1) is 15.8. The highest BCUT2D eigenvalue weighted by molar-refractivity contribution is 5.84. The van der Waals surface area contributed by atoms with Gasteiger partial charge in [-0.2, -0.15) is 0 Å². The number of hydrogen-bond acceptors (Lipinski definition) is 3. The van der Waals surface area contributed by atoms with Crippen molar-refractivity contribution >= 4 is 22.1 Å². The van der Waals surface area contributed by atoms with E-state index in [0.29, 0.717) is 0 Å². The molecule has 1 unspecified atom stereocenters. The second-order valence-corrected chi connectivity index (χ2v) is 8.39.